The number of aromatic nitrogens is 3. The van der Waals surface area contributed by atoms with Gasteiger partial charge in [0.25, 0.3) is 0 Å². The normalized spacial score (nSPS) is 12.2. The van der Waals surface area contributed by atoms with Crippen molar-refractivity contribution in [3.05, 3.63) is 87.8 Å². The number of methoxy groups -OCH3 is 1. The lowest BCUT2D eigenvalue weighted by atomic mass is 10.1. The molecule has 0 fully saturated rings. The van der Waals surface area contributed by atoms with E-state index in [2.05, 4.69) is 36.8 Å². The maximum atomic E-state index is 11.9. The molecule has 3 rings (SSSR count). The first kappa shape index (κ1) is 23.2. The molecule has 5 nitrogen and oxygen atoms in total. The Balaban J connectivity index is 0.000000269. The summed E-state index contributed by atoms with van der Waals surface area (Å²) < 4.78 is 8.32. The van der Waals surface area contributed by atoms with E-state index in [1.165, 1.54) is 22.2 Å². The minimum Gasteiger partial charge on any atom is -0.497 e. The van der Waals surface area contributed by atoms with E-state index in [1.807, 2.05) is 42.5 Å². The molecule has 0 amide bonds. The molecule has 160 valence electrons. The van der Waals surface area contributed by atoms with E-state index in [1.54, 1.807) is 18.7 Å². The Morgan fingerprint density at radius 2 is 1.80 bits per heavy atom. The molecule has 1 aliphatic carbocycles. The van der Waals surface area contributed by atoms with Gasteiger partial charge in [0.15, 0.2) is 0 Å². The molecule has 0 saturated carbocycles. The number of hydrogen-bond donors (Lipinski definition) is 0. The second-order valence-corrected chi connectivity index (χ2v) is 7.18. The van der Waals surface area contributed by atoms with Gasteiger partial charge in [-0.15, -0.1) is 5.73 Å². The third-order valence-electron chi connectivity index (χ3n) is 4.75. The number of rotatable bonds is 8. The van der Waals surface area contributed by atoms with Crippen LogP contribution < -0.4 is 10.4 Å². The Hall–Kier alpha value is -3.04. The molecular formula is C25H33N3O2. The van der Waals surface area contributed by atoms with E-state index < -0.39 is 0 Å². The van der Waals surface area contributed by atoms with Crippen LogP contribution in [-0.4, -0.2) is 21.5 Å². The van der Waals surface area contributed by atoms with Crippen LogP contribution in [0.15, 0.2) is 70.7 Å². The van der Waals surface area contributed by atoms with E-state index >= 15 is 0 Å². The predicted molar refractivity (Wildman–Crippen MR) is 123 cm³/mol. The maximum absolute atomic E-state index is 11.9. The molecule has 0 saturated heterocycles. The highest BCUT2D eigenvalue weighted by Crippen LogP contribution is 2.13. The minimum absolute atomic E-state index is 0.0309. The van der Waals surface area contributed by atoms with Crippen LogP contribution in [-0.2, 0) is 26.4 Å². The Kier molecular flexibility index (Phi) is 9.69. The zero-order chi connectivity index (χ0) is 21.8. The van der Waals surface area contributed by atoms with Gasteiger partial charge >= 0.3 is 5.69 Å². The number of benzene rings is 1. The fourth-order valence-corrected chi connectivity index (χ4v) is 3.17. The third-order valence-corrected chi connectivity index (χ3v) is 4.75. The molecule has 1 aliphatic rings. The minimum atomic E-state index is -0.0309. The Morgan fingerprint density at radius 3 is 2.47 bits per heavy atom. The summed E-state index contributed by atoms with van der Waals surface area (Å²) >= 11 is 0. The second-order valence-electron chi connectivity index (χ2n) is 7.18. The molecule has 0 bridgehead atoms. The number of ether oxygens (including phenoxy) is 1. The average Bonchev–Trinajstić information content (AvgIpc) is 2.94. The van der Waals surface area contributed by atoms with Crippen LogP contribution in [0.25, 0.3) is 0 Å². The maximum Gasteiger partial charge on any atom is 0.345 e. The molecule has 0 unspecified atom stereocenters. The van der Waals surface area contributed by atoms with Gasteiger partial charge in [-0.25, -0.2) is 9.48 Å². The van der Waals surface area contributed by atoms with Gasteiger partial charge < -0.3 is 4.74 Å². The van der Waals surface area contributed by atoms with Gasteiger partial charge in [0.2, 0.25) is 0 Å². The summed E-state index contributed by atoms with van der Waals surface area (Å²) in [6, 6.07) is 7.99. The van der Waals surface area contributed by atoms with Crippen molar-refractivity contribution in [2.75, 3.05) is 7.11 Å². The molecule has 1 aromatic heterocycles. The van der Waals surface area contributed by atoms with Gasteiger partial charge in [-0.1, -0.05) is 50.6 Å². The molecule has 30 heavy (non-hydrogen) atoms. The fourth-order valence-electron chi connectivity index (χ4n) is 3.17. The molecular weight excluding hydrogens is 374 g/mol. The van der Waals surface area contributed by atoms with Crippen LogP contribution in [0.1, 0.15) is 44.5 Å². The molecule has 0 atom stereocenters. The van der Waals surface area contributed by atoms with Crippen LogP contribution in [0.4, 0.5) is 0 Å². The fraction of sp³-hybridized carbons (Fsp3) is 0.400. The standard InChI is InChI=1S/C15H21N3O2.C10H12/c1-4-11-18-14(16-17(2)15(18)19)10-7-12-5-8-13(20-3)9-6-12;1-2-7-10-8-5-3-4-6-9-10/h5-6,8-9H,4,7,10-11H2,1-3H3;3-5,8-9H,2,7H2,1H3. The van der Waals surface area contributed by atoms with Crippen molar-refractivity contribution in [1.82, 2.24) is 14.3 Å². The van der Waals surface area contributed by atoms with Crippen molar-refractivity contribution in [2.24, 2.45) is 7.05 Å². The number of nitrogens with zero attached hydrogens (tertiary/aromatic N) is 3. The Bertz CT molecular complexity index is 969. The number of hydrogen-bond acceptors (Lipinski definition) is 3. The monoisotopic (exact) mass is 407 g/mol. The summed E-state index contributed by atoms with van der Waals surface area (Å²) in [5.41, 5.74) is 5.63. The summed E-state index contributed by atoms with van der Waals surface area (Å²) in [6.07, 6.45) is 15.1. The second kappa shape index (κ2) is 12.5. The molecule has 0 aliphatic heterocycles. The molecule has 0 spiro atoms. The van der Waals surface area contributed by atoms with Crippen LogP contribution >= 0.6 is 0 Å². The predicted octanol–water partition coefficient (Wildman–Crippen LogP) is 4.78. The molecule has 1 aromatic carbocycles. The Labute approximate surface area is 179 Å². The third kappa shape index (κ3) is 7.09. The van der Waals surface area contributed by atoms with Crippen molar-refractivity contribution in [1.29, 1.82) is 0 Å². The smallest absolute Gasteiger partial charge is 0.345 e. The van der Waals surface area contributed by atoms with Crippen molar-refractivity contribution in [3.63, 3.8) is 0 Å². The summed E-state index contributed by atoms with van der Waals surface area (Å²) in [5, 5.41) is 4.32. The van der Waals surface area contributed by atoms with Gasteiger partial charge in [-0.05, 0) is 54.7 Å². The molecule has 5 heteroatoms. The quantitative estimate of drug-likeness (QED) is 0.592. The van der Waals surface area contributed by atoms with Gasteiger partial charge in [0.05, 0.1) is 7.11 Å². The summed E-state index contributed by atoms with van der Waals surface area (Å²) in [4.78, 5) is 11.9. The first-order chi connectivity index (χ1) is 14.6. The van der Waals surface area contributed by atoms with E-state index in [0.717, 1.165) is 43.8 Å². The number of aryl methyl sites for hydroxylation is 3. The van der Waals surface area contributed by atoms with Gasteiger partial charge in [-0.3, -0.25) is 4.57 Å². The average molecular weight is 408 g/mol. The lowest BCUT2D eigenvalue weighted by Gasteiger charge is -2.05. The number of allylic oxidation sites excluding steroid dienone is 5. The van der Waals surface area contributed by atoms with Crippen LogP contribution in [0.2, 0.25) is 0 Å². The van der Waals surface area contributed by atoms with Gasteiger partial charge in [0, 0.05) is 20.0 Å². The zero-order valence-corrected chi connectivity index (χ0v) is 18.6. The first-order valence-corrected chi connectivity index (χ1v) is 10.6. The van der Waals surface area contributed by atoms with Gasteiger partial charge in [0.1, 0.15) is 11.6 Å². The van der Waals surface area contributed by atoms with Crippen molar-refractivity contribution in [2.45, 2.75) is 52.5 Å². The molecule has 1 heterocycles. The van der Waals surface area contributed by atoms with Crippen molar-refractivity contribution in [3.8, 4) is 5.75 Å². The van der Waals surface area contributed by atoms with E-state index in [0.29, 0.717) is 0 Å². The van der Waals surface area contributed by atoms with Gasteiger partial charge in [-0.2, -0.15) is 5.10 Å². The van der Waals surface area contributed by atoms with Crippen LogP contribution in [0.3, 0.4) is 0 Å². The zero-order valence-electron chi connectivity index (χ0n) is 18.6. The topological polar surface area (TPSA) is 49.0 Å². The van der Waals surface area contributed by atoms with Crippen LogP contribution in [0.5, 0.6) is 5.75 Å². The molecule has 2 aromatic rings. The van der Waals surface area contributed by atoms with Crippen molar-refractivity contribution >= 4 is 0 Å². The van der Waals surface area contributed by atoms with E-state index in [4.69, 9.17) is 4.74 Å². The highest BCUT2D eigenvalue weighted by atomic mass is 16.5. The highest BCUT2D eigenvalue weighted by Gasteiger charge is 2.10. The summed E-state index contributed by atoms with van der Waals surface area (Å²) in [7, 11) is 3.36. The Morgan fingerprint density at radius 1 is 1.03 bits per heavy atom. The summed E-state index contributed by atoms with van der Waals surface area (Å²) in [6.45, 7) is 4.98. The van der Waals surface area contributed by atoms with Crippen molar-refractivity contribution < 1.29 is 4.74 Å². The largest absolute Gasteiger partial charge is 0.497 e. The lowest BCUT2D eigenvalue weighted by Crippen LogP contribution is -2.23. The van der Waals surface area contributed by atoms with Crippen LogP contribution in [0, 0.1) is 0 Å². The first-order valence-electron chi connectivity index (χ1n) is 10.6. The van der Waals surface area contributed by atoms with E-state index in [-0.39, 0.29) is 5.69 Å². The SMILES string of the molecule is CCCC1=CC=CC=C=C1.CCCn1c(CCc2ccc(OC)cc2)nn(C)c1=O. The summed E-state index contributed by atoms with van der Waals surface area (Å²) in [5.74, 6) is 1.71. The molecule has 0 radical (unpaired) electrons. The molecule has 0 N–H and O–H groups in total. The lowest BCUT2D eigenvalue weighted by molar-refractivity contribution is 0.414. The van der Waals surface area contributed by atoms with E-state index in [9.17, 15) is 4.79 Å². The highest BCUT2D eigenvalue weighted by molar-refractivity contribution is 5.28.